The van der Waals surface area contributed by atoms with Gasteiger partial charge in [0.2, 0.25) is 0 Å². The Balaban J connectivity index is 1.39. The fourth-order valence-electron chi connectivity index (χ4n) is 5.53. The van der Waals surface area contributed by atoms with Gasteiger partial charge in [-0.25, -0.2) is 0 Å². The molecule has 0 N–H and O–H groups in total. The van der Waals surface area contributed by atoms with Crippen molar-refractivity contribution in [2.75, 3.05) is 0 Å². The minimum absolute atomic E-state index is 0.207. The lowest BCUT2D eigenvalue weighted by Crippen LogP contribution is -2.49. The van der Waals surface area contributed by atoms with E-state index in [0.717, 1.165) is 18.7 Å². The largest absolute Gasteiger partial charge is 0.293 e. The van der Waals surface area contributed by atoms with Gasteiger partial charge in [-0.15, -0.1) is 11.3 Å². The predicted molar refractivity (Wildman–Crippen MR) is 119 cm³/mol. The molecule has 2 unspecified atom stereocenters. The Hall–Kier alpha value is -2.04. The Bertz CT molecular complexity index is 906. The van der Waals surface area contributed by atoms with Crippen LogP contribution in [-0.4, -0.2) is 27.0 Å². The second-order valence-corrected chi connectivity index (χ2v) is 9.88. The first-order chi connectivity index (χ1) is 14.2. The molecule has 150 valence electrons. The lowest BCUT2D eigenvalue weighted by Gasteiger charge is -2.46. The zero-order chi connectivity index (χ0) is 19.7. The van der Waals surface area contributed by atoms with Crippen molar-refractivity contribution in [2.45, 2.75) is 69.5 Å². The summed E-state index contributed by atoms with van der Waals surface area (Å²) in [5, 5.41) is 2.20. The SMILES string of the molecule is Cc1ccc(CN2C3CCC2CC(CCc2cccs2)(c2ccccn2)C3)cn1. The number of hydrogen-bond acceptors (Lipinski definition) is 4. The van der Waals surface area contributed by atoms with E-state index in [1.54, 1.807) is 0 Å². The van der Waals surface area contributed by atoms with Gasteiger partial charge < -0.3 is 0 Å². The third-order valence-electron chi connectivity index (χ3n) is 7.00. The number of fused-ring (bicyclic) bond motifs is 2. The Morgan fingerprint density at radius 3 is 2.55 bits per heavy atom. The molecule has 3 aromatic heterocycles. The van der Waals surface area contributed by atoms with Crippen molar-refractivity contribution in [3.05, 3.63) is 82.1 Å². The summed E-state index contributed by atoms with van der Waals surface area (Å²) in [5.74, 6) is 0. The van der Waals surface area contributed by atoms with Crippen molar-refractivity contribution in [3.63, 3.8) is 0 Å². The van der Waals surface area contributed by atoms with E-state index >= 15 is 0 Å². The lowest BCUT2D eigenvalue weighted by atomic mass is 9.69. The Labute approximate surface area is 177 Å². The Morgan fingerprint density at radius 1 is 1.03 bits per heavy atom. The van der Waals surface area contributed by atoms with Crippen molar-refractivity contribution < 1.29 is 0 Å². The molecule has 2 fully saturated rings. The zero-order valence-electron chi connectivity index (χ0n) is 17.1. The molecule has 3 nitrogen and oxygen atoms in total. The van der Waals surface area contributed by atoms with Crippen LogP contribution in [0.25, 0.3) is 0 Å². The van der Waals surface area contributed by atoms with E-state index in [9.17, 15) is 0 Å². The van der Waals surface area contributed by atoms with Gasteiger partial charge in [-0.1, -0.05) is 18.2 Å². The molecule has 0 aromatic carbocycles. The van der Waals surface area contributed by atoms with E-state index in [-0.39, 0.29) is 5.41 Å². The van der Waals surface area contributed by atoms with Crippen LogP contribution in [0.15, 0.2) is 60.2 Å². The molecule has 3 aromatic rings. The first kappa shape index (κ1) is 19.0. The van der Waals surface area contributed by atoms with Crippen LogP contribution in [0, 0.1) is 6.92 Å². The van der Waals surface area contributed by atoms with Gasteiger partial charge in [-0.2, -0.15) is 0 Å². The molecule has 4 heteroatoms. The molecule has 2 saturated heterocycles. The molecule has 0 saturated carbocycles. The minimum atomic E-state index is 0.207. The predicted octanol–water partition coefficient (Wildman–Crippen LogP) is 5.54. The van der Waals surface area contributed by atoms with Crippen molar-refractivity contribution in [2.24, 2.45) is 0 Å². The van der Waals surface area contributed by atoms with Crippen LogP contribution in [0.2, 0.25) is 0 Å². The number of rotatable bonds is 6. The maximum absolute atomic E-state index is 4.86. The number of pyridine rings is 2. The van der Waals surface area contributed by atoms with Gasteiger partial charge in [-0.3, -0.25) is 14.9 Å². The summed E-state index contributed by atoms with van der Waals surface area (Å²) in [4.78, 5) is 13.6. The number of aromatic nitrogens is 2. The lowest BCUT2D eigenvalue weighted by molar-refractivity contribution is 0.0707. The summed E-state index contributed by atoms with van der Waals surface area (Å²) in [7, 11) is 0. The van der Waals surface area contributed by atoms with Crippen LogP contribution in [0.4, 0.5) is 0 Å². The summed E-state index contributed by atoms with van der Waals surface area (Å²) in [6.45, 7) is 3.09. The van der Waals surface area contributed by atoms with Gasteiger partial charge in [0.1, 0.15) is 0 Å². The van der Waals surface area contributed by atoms with E-state index in [1.807, 2.05) is 23.6 Å². The number of nitrogens with zero attached hydrogens (tertiary/aromatic N) is 3. The van der Waals surface area contributed by atoms with Gasteiger partial charge in [-0.05, 0) is 80.7 Å². The minimum Gasteiger partial charge on any atom is -0.293 e. The van der Waals surface area contributed by atoms with Crippen molar-refractivity contribution in [3.8, 4) is 0 Å². The fraction of sp³-hybridized carbons (Fsp3) is 0.440. The second-order valence-electron chi connectivity index (χ2n) is 8.85. The molecule has 2 aliphatic heterocycles. The summed E-state index contributed by atoms with van der Waals surface area (Å²) < 4.78 is 0. The van der Waals surface area contributed by atoms with E-state index in [0.29, 0.717) is 12.1 Å². The molecule has 5 heterocycles. The summed E-state index contributed by atoms with van der Waals surface area (Å²) in [6, 6.07) is 16.6. The van der Waals surface area contributed by atoms with Gasteiger partial charge in [0, 0.05) is 52.7 Å². The standard InChI is InChI=1S/C25H29N3S/c1-19-7-8-20(17-27-19)18-28-21-9-10-22(28)16-25(15-21,24-6-2-3-13-26-24)12-11-23-5-4-14-29-23/h2-8,13-14,17,21-22H,9-12,15-16,18H2,1H3. The molecule has 2 bridgehead atoms. The van der Waals surface area contributed by atoms with Crippen LogP contribution in [0.5, 0.6) is 0 Å². The van der Waals surface area contributed by atoms with Gasteiger partial charge in [0.05, 0.1) is 0 Å². The topological polar surface area (TPSA) is 29.0 Å². The van der Waals surface area contributed by atoms with Crippen LogP contribution in [0.3, 0.4) is 0 Å². The van der Waals surface area contributed by atoms with E-state index < -0.39 is 0 Å². The summed E-state index contributed by atoms with van der Waals surface area (Å²) in [5.41, 5.74) is 3.96. The summed E-state index contributed by atoms with van der Waals surface area (Å²) >= 11 is 1.89. The molecule has 29 heavy (non-hydrogen) atoms. The highest BCUT2D eigenvalue weighted by atomic mass is 32.1. The van der Waals surface area contributed by atoms with Crippen molar-refractivity contribution in [1.29, 1.82) is 0 Å². The fourth-order valence-corrected chi connectivity index (χ4v) is 6.24. The molecule has 0 spiro atoms. The van der Waals surface area contributed by atoms with Crippen LogP contribution in [-0.2, 0) is 18.4 Å². The average molecular weight is 404 g/mol. The van der Waals surface area contributed by atoms with Crippen molar-refractivity contribution in [1.82, 2.24) is 14.9 Å². The van der Waals surface area contributed by atoms with Crippen LogP contribution in [0.1, 0.15) is 53.9 Å². The second kappa shape index (κ2) is 8.00. The molecule has 2 aliphatic rings. The monoisotopic (exact) mass is 403 g/mol. The third kappa shape index (κ3) is 3.88. The maximum Gasteiger partial charge on any atom is 0.0466 e. The van der Waals surface area contributed by atoms with E-state index in [1.165, 1.54) is 48.2 Å². The zero-order valence-corrected chi connectivity index (χ0v) is 17.9. The molecular formula is C25H29N3S. The van der Waals surface area contributed by atoms with E-state index in [4.69, 9.17) is 4.98 Å². The highest BCUT2D eigenvalue weighted by Gasteiger charge is 2.49. The number of piperidine rings is 1. The molecule has 5 rings (SSSR count). The normalized spacial score (nSPS) is 26.7. The van der Waals surface area contributed by atoms with Gasteiger partial charge >= 0.3 is 0 Å². The molecule has 0 radical (unpaired) electrons. The Kier molecular flexibility index (Phi) is 5.23. The molecular weight excluding hydrogens is 374 g/mol. The Morgan fingerprint density at radius 2 is 1.90 bits per heavy atom. The van der Waals surface area contributed by atoms with Crippen molar-refractivity contribution >= 4 is 11.3 Å². The first-order valence-electron chi connectivity index (χ1n) is 10.8. The molecule has 0 amide bonds. The van der Waals surface area contributed by atoms with Crippen LogP contribution < -0.4 is 0 Å². The number of hydrogen-bond donors (Lipinski definition) is 0. The number of aryl methyl sites for hydroxylation is 2. The smallest absolute Gasteiger partial charge is 0.0466 e. The van der Waals surface area contributed by atoms with Crippen LogP contribution >= 0.6 is 11.3 Å². The molecule has 2 atom stereocenters. The summed E-state index contributed by atoms with van der Waals surface area (Å²) in [6.07, 6.45) is 11.5. The third-order valence-corrected chi connectivity index (χ3v) is 7.94. The van der Waals surface area contributed by atoms with Gasteiger partial charge in [0.25, 0.3) is 0 Å². The van der Waals surface area contributed by atoms with E-state index in [2.05, 4.69) is 64.8 Å². The van der Waals surface area contributed by atoms with Gasteiger partial charge in [0.15, 0.2) is 0 Å². The highest BCUT2D eigenvalue weighted by molar-refractivity contribution is 7.09. The quantitative estimate of drug-likeness (QED) is 0.541. The number of thiophene rings is 1. The molecule has 0 aliphatic carbocycles. The highest BCUT2D eigenvalue weighted by Crippen LogP contribution is 2.49. The first-order valence-corrected chi connectivity index (χ1v) is 11.7. The maximum atomic E-state index is 4.86. The average Bonchev–Trinajstić information content (AvgIpc) is 3.35.